The molecule has 0 aliphatic heterocycles. The lowest BCUT2D eigenvalue weighted by Crippen LogP contribution is -2.33. The van der Waals surface area contributed by atoms with Crippen molar-refractivity contribution in [1.82, 2.24) is 9.88 Å². The molecule has 1 heterocycles. The number of rotatable bonds is 7. The zero-order valence-electron chi connectivity index (χ0n) is 15.2. The van der Waals surface area contributed by atoms with E-state index in [4.69, 9.17) is 9.47 Å². The second-order valence-electron chi connectivity index (χ2n) is 5.95. The average Bonchev–Trinajstić information content (AvgIpc) is 3.04. The van der Waals surface area contributed by atoms with E-state index in [1.165, 1.54) is 0 Å². The number of methoxy groups -OCH3 is 2. The van der Waals surface area contributed by atoms with E-state index in [0.717, 1.165) is 26.5 Å². The second-order valence-corrected chi connectivity index (χ2v) is 7.18. The molecule has 2 aromatic carbocycles. The number of para-hydroxylation sites is 1. The van der Waals surface area contributed by atoms with Crippen LogP contribution in [0.4, 0.5) is 0 Å². The third-order valence-corrected chi connectivity index (χ3v) is 5.08. The molecule has 1 amide bonds. The van der Waals surface area contributed by atoms with Crippen LogP contribution in [0.5, 0.6) is 5.75 Å². The monoisotopic (exact) mass is 370 g/mol. The highest BCUT2D eigenvalue weighted by atomic mass is 32.1. The fourth-order valence-electron chi connectivity index (χ4n) is 2.85. The zero-order chi connectivity index (χ0) is 18.5. The average molecular weight is 370 g/mol. The fraction of sp³-hybridized carbons (Fsp3) is 0.300. The van der Waals surface area contributed by atoms with Gasteiger partial charge in [-0.05, 0) is 31.2 Å². The summed E-state index contributed by atoms with van der Waals surface area (Å²) in [4.78, 5) is 19.4. The van der Waals surface area contributed by atoms with Crippen molar-refractivity contribution in [2.45, 2.75) is 13.5 Å². The van der Waals surface area contributed by atoms with Crippen LogP contribution in [0.15, 0.2) is 42.5 Å². The number of hydrogen-bond acceptors (Lipinski definition) is 5. The van der Waals surface area contributed by atoms with Gasteiger partial charge >= 0.3 is 0 Å². The number of carbonyl (C=O) groups excluding carboxylic acids is 1. The maximum Gasteiger partial charge on any atom is 0.254 e. The normalized spacial score (nSPS) is 10.9. The first kappa shape index (κ1) is 18.4. The summed E-state index contributed by atoms with van der Waals surface area (Å²) in [5, 5.41) is 0.995. The van der Waals surface area contributed by atoms with E-state index in [9.17, 15) is 4.79 Å². The van der Waals surface area contributed by atoms with Crippen LogP contribution in [0.25, 0.3) is 10.2 Å². The number of benzene rings is 2. The first-order valence-corrected chi connectivity index (χ1v) is 9.21. The van der Waals surface area contributed by atoms with E-state index >= 15 is 0 Å². The minimum absolute atomic E-state index is 0.0269. The highest BCUT2D eigenvalue weighted by Gasteiger charge is 2.18. The highest BCUT2D eigenvalue weighted by molar-refractivity contribution is 7.18. The lowest BCUT2D eigenvalue weighted by molar-refractivity contribution is 0.0679. The van der Waals surface area contributed by atoms with Gasteiger partial charge in [-0.25, -0.2) is 4.98 Å². The van der Waals surface area contributed by atoms with Crippen LogP contribution in [0, 0.1) is 6.92 Å². The molecule has 0 saturated carbocycles. The summed E-state index contributed by atoms with van der Waals surface area (Å²) in [5.74, 6) is 0.747. The van der Waals surface area contributed by atoms with Crippen LogP contribution in [0.2, 0.25) is 0 Å². The first-order chi connectivity index (χ1) is 12.6. The van der Waals surface area contributed by atoms with Crippen LogP contribution < -0.4 is 4.74 Å². The molecule has 0 aliphatic rings. The number of amides is 1. The van der Waals surface area contributed by atoms with Crippen molar-refractivity contribution in [2.75, 3.05) is 27.4 Å². The van der Waals surface area contributed by atoms with E-state index in [-0.39, 0.29) is 5.91 Å². The molecule has 0 N–H and O–H groups in total. The van der Waals surface area contributed by atoms with Crippen LogP contribution >= 0.6 is 11.3 Å². The van der Waals surface area contributed by atoms with Crippen molar-refractivity contribution in [2.24, 2.45) is 0 Å². The van der Waals surface area contributed by atoms with Crippen LogP contribution in [-0.2, 0) is 11.3 Å². The van der Waals surface area contributed by atoms with Crippen molar-refractivity contribution in [3.8, 4) is 5.75 Å². The SMILES string of the molecule is COCCN(Cc1ccccc1OC)C(=O)c1ccc2nc(C)sc2c1. The highest BCUT2D eigenvalue weighted by Crippen LogP contribution is 2.24. The Labute approximate surface area is 157 Å². The predicted molar refractivity (Wildman–Crippen MR) is 104 cm³/mol. The van der Waals surface area contributed by atoms with Gasteiger partial charge in [0.2, 0.25) is 0 Å². The van der Waals surface area contributed by atoms with Crippen LogP contribution in [-0.4, -0.2) is 43.2 Å². The van der Waals surface area contributed by atoms with E-state index in [1.54, 1.807) is 30.5 Å². The summed E-state index contributed by atoms with van der Waals surface area (Å²) in [6.45, 7) is 3.42. The van der Waals surface area contributed by atoms with Gasteiger partial charge in [-0.2, -0.15) is 0 Å². The zero-order valence-corrected chi connectivity index (χ0v) is 16.0. The van der Waals surface area contributed by atoms with Gasteiger partial charge in [0.1, 0.15) is 5.75 Å². The molecule has 3 rings (SSSR count). The third kappa shape index (κ3) is 4.03. The maximum absolute atomic E-state index is 13.1. The molecule has 0 saturated heterocycles. The predicted octanol–water partition coefficient (Wildman–Crippen LogP) is 3.90. The molecule has 0 spiro atoms. The van der Waals surface area contributed by atoms with Gasteiger partial charge in [0.15, 0.2) is 0 Å². The second kappa shape index (κ2) is 8.29. The number of thiazole rings is 1. The van der Waals surface area contributed by atoms with Crippen molar-refractivity contribution in [3.05, 3.63) is 58.6 Å². The summed E-state index contributed by atoms with van der Waals surface area (Å²) in [7, 11) is 3.28. The molecule has 1 aromatic heterocycles. The third-order valence-electron chi connectivity index (χ3n) is 4.15. The quantitative estimate of drug-likeness (QED) is 0.633. The van der Waals surface area contributed by atoms with Gasteiger partial charge in [0.05, 0.1) is 28.9 Å². The first-order valence-electron chi connectivity index (χ1n) is 8.39. The number of carbonyl (C=O) groups is 1. The molecule has 0 bridgehead atoms. The van der Waals surface area contributed by atoms with Gasteiger partial charge in [-0.15, -0.1) is 11.3 Å². The Morgan fingerprint density at radius 1 is 1.19 bits per heavy atom. The Balaban J connectivity index is 1.88. The molecule has 0 aliphatic carbocycles. The van der Waals surface area contributed by atoms with Gasteiger partial charge < -0.3 is 14.4 Å². The van der Waals surface area contributed by atoms with E-state index in [1.807, 2.05) is 49.4 Å². The lowest BCUT2D eigenvalue weighted by atomic mass is 10.1. The van der Waals surface area contributed by atoms with E-state index in [2.05, 4.69) is 4.98 Å². The number of hydrogen-bond donors (Lipinski definition) is 0. The van der Waals surface area contributed by atoms with Gasteiger partial charge in [-0.1, -0.05) is 18.2 Å². The Hall–Kier alpha value is -2.44. The Morgan fingerprint density at radius 2 is 2.00 bits per heavy atom. The van der Waals surface area contributed by atoms with E-state index < -0.39 is 0 Å². The van der Waals surface area contributed by atoms with E-state index in [0.29, 0.717) is 25.3 Å². The molecular formula is C20H22N2O3S. The minimum atomic E-state index is -0.0269. The summed E-state index contributed by atoms with van der Waals surface area (Å²) in [6, 6.07) is 13.4. The van der Waals surface area contributed by atoms with Crippen molar-refractivity contribution < 1.29 is 14.3 Å². The Kier molecular flexibility index (Phi) is 5.85. The fourth-order valence-corrected chi connectivity index (χ4v) is 3.71. The number of aromatic nitrogens is 1. The Morgan fingerprint density at radius 3 is 2.77 bits per heavy atom. The molecule has 26 heavy (non-hydrogen) atoms. The standard InChI is InChI=1S/C20H22N2O3S/c1-14-21-17-9-8-15(12-19(17)26-14)20(23)22(10-11-24-2)13-16-6-4-5-7-18(16)25-3/h4-9,12H,10-11,13H2,1-3H3. The molecule has 136 valence electrons. The van der Waals surface area contributed by atoms with Crippen LogP contribution in [0.3, 0.4) is 0 Å². The summed E-state index contributed by atoms with van der Waals surface area (Å²) >= 11 is 1.60. The van der Waals surface area contributed by atoms with Gasteiger partial charge in [-0.3, -0.25) is 4.79 Å². The summed E-state index contributed by atoms with van der Waals surface area (Å²) in [6.07, 6.45) is 0. The molecule has 0 atom stereocenters. The largest absolute Gasteiger partial charge is 0.496 e. The summed E-state index contributed by atoms with van der Waals surface area (Å²) < 4.78 is 11.6. The molecule has 0 radical (unpaired) electrons. The number of ether oxygens (including phenoxy) is 2. The van der Waals surface area contributed by atoms with Gasteiger partial charge in [0, 0.05) is 31.3 Å². The van der Waals surface area contributed by atoms with Crippen molar-refractivity contribution in [3.63, 3.8) is 0 Å². The number of fused-ring (bicyclic) bond motifs is 1. The topological polar surface area (TPSA) is 51.7 Å². The number of nitrogens with zero attached hydrogens (tertiary/aromatic N) is 2. The maximum atomic E-state index is 13.1. The smallest absolute Gasteiger partial charge is 0.254 e. The molecular weight excluding hydrogens is 348 g/mol. The van der Waals surface area contributed by atoms with Gasteiger partial charge in [0.25, 0.3) is 5.91 Å². The molecule has 6 heteroatoms. The molecule has 0 fully saturated rings. The molecule has 0 unspecified atom stereocenters. The number of aryl methyl sites for hydroxylation is 1. The Bertz CT molecular complexity index is 907. The van der Waals surface area contributed by atoms with Crippen molar-refractivity contribution in [1.29, 1.82) is 0 Å². The molecule has 3 aromatic rings. The summed E-state index contributed by atoms with van der Waals surface area (Å²) in [5.41, 5.74) is 2.55. The minimum Gasteiger partial charge on any atom is -0.496 e. The molecule has 5 nitrogen and oxygen atoms in total. The van der Waals surface area contributed by atoms with Crippen LogP contribution in [0.1, 0.15) is 20.9 Å². The van der Waals surface area contributed by atoms with Crippen molar-refractivity contribution >= 4 is 27.5 Å². The lowest BCUT2D eigenvalue weighted by Gasteiger charge is -2.23.